The van der Waals surface area contributed by atoms with Gasteiger partial charge in [-0.3, -0.25) is 4.79 Å². The third-order valence-corrected chi connectivity index (χ3v) is 3.08. The molecule has 0 saturated carbocycles. The van der Waals surface area contributed by atoms with Gasteiger partial charge in [0, 0.05) is 17.0 Å². The summed E-state index contributed by atoms with van der Waals surface area (Å²) in [5.41, 5.74) is 1.73. The Morgan fingerprint density at radius 2 is 1.84 bits per heavy atom. The zero-order valence-electron chi connectivity index (χ0n) is 10.2. The molecule has 19 heavy (non-hydrogen) atoms. The van der Waals surface area contributed by atoms with Gasteiger partial charge in [-0.1, -0.05) is 23.7 Å². The molecular weight excluding hydrogens is 270 g/mol. The second-order valence-corrected chi connectivity index (χ2v) is 4.74. The van der Waals surface area contributed by atoms with Gasteiger partial charge in [0.25, 0.3) is 0 Å². The molecule has 1 nitrogen and oxygen atoms in total. The molecule has 0 N–H and O–H groups in total. The van der Waals surface area contributed by atoms with E-state index < -0.39 is 11.6 Å². The summed E-state index contributed by atoms with van der Waals surface area (Å²) < 4.78 is 25.9. The smallest absolute Gasteiger partial charge is 0.167 e. The highest BCUT2D eigenvalue weighted by molar-refractivity contribution is 6.31. The van der Waals surface area contributed by atoms with E-state index in [4.69, 9.17) is 11.6 Å². The van der Waals surface area contributed by atoms with Crippen molar-refractivity contribution in [3.05, 3.63) is 69.7 Å². The van der Waals surface area contributed by atoms with E-state index in [9.17, 15) is 13.6 Å². The average Bonchev–Trinajstić information content (AvgIpc) is 2.36. The van der Waals surface area contributed by atoms with E-state index in [-0.39, 0.29) is 12.2 Å². The van der Waals surface area contributed by atoms with Gasteiger partial charge in [0.05, 0.1) is 0 Å². The molecule has 0 unspecified atom stereocenters. The summed E-state index contributed by atoms with van der Waals surface area (Å²) in [7, 11) is 0. The molecule has 0 aliphatic rings. The quantitative estimate of drug-likeness (QED) is 0.764. The highest BCUT2D eigenvalue weighted by atomic mass is 35.5. The van der Waals surface area contributed by atoms with Crippen molar-refractivity contribution in [3.8, 4) is 0 Å². The molecule has 98 valence electrons. The Morgan fingerprint density at radius 1 is 1.11 bits per heavy atom. The third kappa shape index (κ3) is 3.18. The number of carbonyl (C=O) groups excluding carboxylic acids is 1. The average molecular weight is 281 g/mol. The van der Waals surface area contributed by atoms with Gasteiger partial charge in [0.1, 0.15) is 0 Å². The van der Waals surface area contributed by atoms with Gasteiger partial charge < -0.3 is 0 Å². The fraction of sp³-hybridized carbons (Fsp3) is 0.133. The highest BCUT2D eigenvalue weighted by Gasteiger charge is 2.12. The molecular formula is C15H11ClF2O. The first-order valence-corrected chi connectivity index (χ1v) is 6.08. The third-order valence-electron chi connectivity index (χ3n) is 2.85. The molecule has 0 aliphatic heterocycles. The molecule has 0 aliphatic carbocycles. The summed E-state index contributed by atoms with van der Waals surface area (Å²) in [5, 5.41) is 0.472. The van der Waals surface area contributed by atoms with Crippen molar-refractivity contribution < 1.29 is 13.6 Å². The monoisotopic (exact) mass is 280 g/mol. The molecule has 0 heterocycles. The normalized spacial score (nSPS) is 10.5. The number of hydrogen-bond donors (Lipinski definition) is 0. The van der Waals surface area contributed by atoms with Crippen LogP contribution in [-0.2, 0) is 6.42 Å². The molecule has 0 amide bonds. The number of carbonyl (C=O) groups is 1. The Balaban J connectivity index is 2.25. The summed E-state index contributed by atoms with van der Waals surface area (Å²) in [6.07, 6.45) is 0.0123. The maximum atomic E-state index is 13.1. The lowest BCUT2D eigenvalue weighted by atomic mass is 9.99. The summed E-state index contributed by atoms with van der Waals surface area (Å²) in [6.45, 7) is 1.80. The second kappa shape index (κ2) is 5.49. The Hall–Kier alpha value is -1.74. The van der Waals surface area contributed by atoms with Crippen molar-refractivity contribution in [1.82, 2.24) is 0 Å². The number of rotatable bonds is 3. The minimum atomic E-state index is -0.951. The summed E-state index contributed by atoms with van der Waals surface area (Å²) in [4.78, 5) is 12.1. The van der Waals surface area contributed by atoms with Crippen molar-refractivity contribution in [2.45, 2.75) is 13.3 Å². The number of Topliss-reactive ketones (excluding diaryl/α,β-unsaturated/α-hetero) is 1. The maximum Gasteiger partial charge on any atom is 0.167 e. The van der Waals surface area contributed by atoms with E-state index in [1.54, 1.807) is 25.1 Å². The Kier molecular flexibility index (Phi) is 3.96. The van der Waals surface area contributed by atoms with Gasteiger partial charge in [-0.15, -0.1) is 0 Å². The second-order valence-electron chi connectivity index (χ2n) is 4.31. The van der Waals surface area contributed by atoms with E-state index in [0.717, 1.165) is 17.7 Å². The molecule has 2 aromatic rings. The van der Waals surface area contributed by atoms with Crippen LogP contribution in [0.5, 0.6) is 0 Å². The summed E-state index contributed by atoms with van der Waals surface area (Å²) in [6, 6.07) is 8.48. The minimum Gasteiger partial charge on any atom is -0.294 e. The zero-order valence-corrected chi connectivity index (χ0v) is 11.0. The van der Waals surface area contributed by atoms with Crippen LogP contribution in [0.3, 0.4) is 0 Å². The van der Waals surface area contributed by atoms with Gasteiger partial charge in [-0.05, 0) is 42.3 Å². The lowest BCUT2D eigenvalue weighted by molar-refractivity contribution is 0.0992. The molecule has 0 fully saturated rings. The van der Waals surface area contributed by atoms with E-state index in [1.807, 2.05) is 0 Å². The SMILES string of the molecule is Cc1ccc(Cl)cc1C(=O)Cc1ccc(F)c(F)c1. The van der Waals surface area contributed by atoms with E-state index in [0.29, 0.717) is 16.1 Å². The van der Waals surface area contributed by atoms with Crippen LogP contribution < -0.4 is 0 Å². The number of hydrogen-bond acceptors (Lipinski definition) is 1. The van der Waals surface area contributed by atoms with Gasteiger partial charge in [0.15, 0.2) is 17.4 Å². The van der Waals surface area contributed by atoms with Gasteiger partial charge in [-0.25, -0.2) is 8.78 Å². The number of benzene rings is 2. The number of aryl methyl sites for hydroxylation is 1. The standard InChI is InChI=1S/C15H11ClF2O/c1-9-2-4-11(16)8-12(9)15(19)7-10-3-5-13(17)14(18)6-10/h2-6,8H,7H2,1H3. The van der Waals surface area contributed by atoms with Crippen LogP contribution >= 0.6 is 11.6 Å². The van der Waals surface area contributed by atoms with Crippen LogP contribution in [0, 0.1) is 18.6 Å². The van der Waals surface area contributed by atoms with Crippen LogP contribution in [0.15, 0.2) is 36.4 Å². The minimum absolute atomic E-state index is 0.0123. The first-order chi connectivity index (χ1) is 8.97. The van der Waals surface area contributed by atoms with Crippen LogP contribution in [-0.4, -0.2) is 5.78 Å². The Morgan fingerprint density at radius 3 is 2.53 bits per heavy atom. The van der Waals surface area contributed by atoms with E-state index in [2.05, 4.69) is 0 Å². The largest absolute Gasteiger partial charge is 0.294 e. The van der Waals surface area contributed by atoms with Crippen LogP contribution in [0.25, 0.3) is 0 Å². The predicted octanol–water partition coefficient (Wildman–Crippen LogP) is 4.35. The fourth-order valence-corrected chi connectivity index (χ4v) is 2.00. The first-order valence-electron chi connectivity index (χ1n) is 5.70. The first kappa shape index (κ1) is 13.7. The zero-order chi connectivity index (χ0) is 14.0. The van der Waals surface area contributed by atoms with E-state index in [1.165, 1.54) is 6.07 Å². The van der Waals surface area contributed by atoms with Gasteiger partial charge in [-0.2, -0.15) is 0 Å². The van der Waals surface area contributed by atoms with Crippen molar-refractivity contribution in [1.29, 1.82) is 0 Å². The molecule has 0 spiro atoms. The van der Waals surface area contributed by atoms with Crippen molar-refractivity contribution in [2.24, 2.45) is 0 Å². The number of halogens is 3. The molecule has 0 atom stereocenters. The maximum absolute atomic E-state index is 13.1. The Bertz CT molecular complexity index is 638. The lowest BCUT2D eigenvalue weighted by Gasteiger charge is -2.06. The van der Waals surface area contributed by atoms with Crippen LogP contribution in [0.4, 0.5) is 8.78 Å². The van der Waals surface area contributed by atoms with Gasteiger partial charge >= 0.3 is 0 Å². The van der Waals surface area contributed by atoms with Crippen LogP contribution in [0.1, 0.15) is 21.5 Å². The predicted molar refractivity (Wildman–Crippen MR) is 70.6 cm³/mol. The van der Waals surface area contributed by atoms with E-state index >= 15 is 0 Å². The molecule has 0 bridgehead atoms. The van der Waals surface area contributed by atoms with Crippen molar-refractivity contribution in [3.63, 3.8) is 0 Å². The van der Waals surface area contributed by atoms with Crippen molar-refractivity contribution >= 4 is 17.4 Å². The molecule has 4 heteroatoms. The lowest BCUT2D eigenvalue weighted by Crippen LogP contribution is -2.06. The van der Waals surface area contributed by atoms with Gasteiger partial charge in [0.2, 0.25) is 0 Å². The molecule has 0 saturated heterocycles. The summed E-state index contributed by atoms with van der Waals surface area (Å²) in [5.74, 6) is -2.05. The molecule has 2 rings (SSSR count). The van der Waals surface area contributed by atoms with Crippen molar-refractivity contribution in [2.75, 3.05) is 0 Å². The summed E-state index contributed by atoms with van der Waals surface area (Å²) >= 11 is 5.85. The fourth-order valence-electron chi connectivity index (χ4n) is 1.82. The highest BCUT2D eigenvalue weighted by Crippen LogP contribution is 2.18. The van der Waals surface area contributed by atoms with Crippen LogP contribution in [0.2, 0.25) is 5.02 Å². The molecule has 0 aromatic heterocycles. The Labute approximate surface area is 114 Å². The molecule has 2 aromatic carbocycles. The number of ketones is 1. The topological polar surface area (TPSA) is 17.1 Å². The molecule has 0 radical (unpaired) electrons.